The second-order valence-corrected chi connectivity index (χ2v) is 8.77. The zero-order chi connectivity index (χ0) is 17.3. The summed E-state index contributed by atoms with van der Waals surface area (Å²) in [5.74, 6) is 1.24. The first-order valence-electron chi connectivity index (χ1n) is 9.62. The van der Waals surface area contributed by atoms with Crippen molar-refractivity contribution in [2.24, 2.45) is 11.8 Å². The molecule has 0 aromatic rings. The van der Waals surface area contributed by atoms with E-state index in [1.165, 1.54) is 38.5 Å². The summed E-state index contributed by atoms with van der Waals surface area (Å²) in [5, 5.41) is 3.09. The third kappa shape index (κ3) is 7.24. The second-order valence-electron chi connectivity index (χ2n) is 7.12. The summed E-state index contributed by atoms with van der Waals surface area (Å²) in [6.45, 7) is 8.89. The van der Waals surface area contributed by atoms with E-state index in [4.69, 9.17) is 0 Å². The van der Waals surface area contributed by atoms with Crippen molar-refractivity contribution in [3.8, 4) is 0 Å². The van der Waals surface area contributed by atoms with E-state index in [-0.39, 0.29) is 0 Å². The molecule has 0 fully saturated rings. The molecule has 1 aliphatic rings. The normalized spacial score (nSPS) is 19.3. The minimum Gasteiger partial charge on any atom is -0.220 e. The number of unbranched alkanes of at least 4 members (excludes halogenated alkanes) is 2. The molecule has 23 heavy (non-hydrogen) atoms. The molecule has 0 spiro atoms. The van der Waals surface area contributed by atoms with E-state index in [1.54, 1.807) is 10.8 Å². The number of hydrogen-bond acceptors (Lipinski definition) is 2. The summed E-state index contributed by atoms with van der Waals surface area (Å²) < 4.78 is 24.1. The van der Waals surface area contributed by atoms with Crippen LogP contribution >= 0.6 is 0 Å². The van der Waals surface area contributed by atoms with Crippen LogP contribution in [0.1, 0.15) is 91.9 Å². The molecular weight excluding hydrogens is 304 g/mol. The topological polar surface area (TPSA) is 34.1 Å². The number of rotatable bonds is 12. The molecule has 0 saturated heterocycles. The summed E-state index contributed by atoms with van der Waals surface area (Å²) in [5.41, 5.74) is 2.20. The molecule has 1 rings (SSSR count). The largest absolute Gasteiger partial charge is 0.220 e. The van der Waals surface area contributed by atoms with Crippen molar-refractivity contribution in [3.63, 3.8) is 0 Å². The summed E-state index contributed by atoms with van der Waals surface area (Å²) in [4.78, 5) is 0. The average molecular weight is 341 g/mol. The Labute approximate surface area is 144 Å². The van der Waals surface area contributed by atoms with Crippen LogP contribution in [0.5, 0.6) is 0 Å². The van der Waals surface area contributed by atoms with E-state index in [0.717, 1.165) is 36.8 Å². The van der Waals surface area contributed by atoms with Crippen LogP contribution in [-0.2, 0) is 9.84 Å². The Morgan fingerprint density at radius 3 is 1.48 bits per heavy atom. The van der Waals surface area contributed by atoms with Crippen LogP contribution in [0.15, 0.2) is 22.0 Å². The summed E-state index contributed by atoms with van der Waals surface area (Å²) >= 11 is 0. The fraction of sp³-hybridized carbons (Fsp3) is 0.800. The SMILES string of the molecule is CCCCC(CC)CC1=CS(=O)(=O)C=C1CC(CC)CCCC. The lowest BCUT2D eigenvalue weighted by atomic mass is 9.85. The molecule has 0 amide bonds. The van der Waals surface area contributed by atoms with E-state index in [9.17, 15) is 8.42 Å². The Morgan fingerprint density at radius 1 is 0.783 bits per heavy atom. The highest BCUT2D eigenvalue weighted by molar-refractivity contribution is 7.97. The quantitative estimate of drug-likeness (QED) is 0.412. The van der Waals surface area contributed by atoms with Gasteiger partial charge in [0.25, 0.3) is 0 Å². The van der Waals surface area contributed by atoms with E-state index in [0.29, 0.717) is 11.8 Å². The molecule has 1 heterocycles. The fourth-order valence-electron chi connectivity index (χ4n) is 3.45. The van der Waals surface area contributed by atoms with Crippen LogP contribution < -0.4 is 0 Å². The molecule has 0 radical (unpaired) electrons. The Morgan fingerprint density at radius 2 is 1.17 bits per heavy atom. The van der Waals surface area contributed by atoms with Crippen molar-refractivity contribution in [1.82, 2.24) is 0 Å². The molecule has 3 heteroatoms. The maximum Gasteiger partial charge on any atom is 0.193 e. The van der Waals surface area contributed by atoms with Crippen molar-refractivity contribution in [3.05, 3.63) is 22.0 Å². The van der Waals surface area contributed by atoms with Gasteiger partial charge >= 0.3 is 0 Å². The standard InChI is InChI=1S/C20H36O2S/c1-5-9-11-17(7-3)13-19-15-23(21,22)16-20(19)14-18(8-4)12-10-6-2/h15-18H,5-14H2,1-4H3. The van der Waals surface area contributed by atoms with E-state index >= 15 is 0 Å². The Kier molecular flexibility index (Phi) is 9.19. The minimum absolute atomic E-state index is 0.619. The lowest BCUT2D eigenvalue weighted by Gasteiger charge is -2.20. The third-order valence-electron chi connectivity index (χ3n) is 5.13. The molecule has 0 aromatic heterocycles. The molecule has 2 nitrogen and oxygen atoms in total. The predicted molar refractivity (Wildman–Crippen MR) is 101 cm³/mol. The van der Waals surface area contributed by atoms with Crippen molar-refractivity contribution in [1.29, 1.82) is 0 Å². The van der Waals surface area contributed by atoms with Crippen LogP contribution in [0.3, 0.4) is 0 Å². The van der Waals surface area contributed by atoms with Crippen molar-refractivity contribution in [2.45, 2.75) is 91.9 Å². The van der Waals surface area contributed by atoms with Gasteiger partial charge in [0.1, 0.15) is 0 Å². The minimum atomic E-state index is -3.12. The van der Waals surface area contributed by atoms with Crippen LogP contribution in [0.2, 0.25) is 0 Å². The highest BCUT2D eigenvalue weighted by atomic mass is 32.2. The first-order chi connectivity index (χ1) is 11.0. The van der Waals surface area contributed by atoms with Gasteiger partial charge in [-0.25, -0.2) is 8.42 Å². The van der Waals surface area contributed by atoms with E-state index in [2.05, 4.69) is 27.7 Å². The highest BCUT2D eigenvalue weighted by Gasteiger charge is 2.24. The lowest BCUT2D eigenvalue weighted by molar-refractivity contribution is 0.433. The first kappa shape index (κ1) is 20.5. The van der Waals surface area contributed by atoms with Gasteiger partial charge in [0.05, 0.1) is 0 Å². The van der Waals surface area contributed by atoms with Crippen molar-refractivity contribution >= 4 is 9.84 Å². The zero-order valence-electron chi connectivity index (χ0n) is 15.6. The third-order valence-corrected chi connectivity index (χ3v) is 6.36. The van der Waals surface area contributed by atoms with Crippen LogP contribution in [-0.4, -0.2) is 8.42 Å². The molecular formula is C20H36O2S. The number of allylic oxidation sites excluding steroid dienone is 2. The first-order valence-corrected chi connectivity index (χ1v) is 11.2. The fourth-order valence-corrected chi connectivity index (χ4v) is 4.81. The zero-order valence-corrected chi connectivity index (χ0v) is 16.4. The van der Waals surface area contributed by atoms with E-state index in [1.807, 2.05) is 0 Å². The number of hydrogen-bond donors (Lipinski definition) is 0. The Balaban J connectivity index is 2.78. The van der Waals surface area contributed by atoms with Gasteiger partial charge in [0.15, 0.2) is 9.84 Å². The molecule has 0 N–H and O–H groups in total. The van der Waals surface area contributed by atoms with Crippen LogP contribution in [0.25, 0.3) is 0 Å². The van der Waals surface area contributed by atoms with Gasteiger partial charge in [-0.2, -0.15) is 0 Å². The molecule has 0 saturated carbocycles. The van der Waals surface area contributed by atoms with E-state index < -0.39 is 9.84 Å². The Hall–Kier alpha value is -0.570. The van der Waals surface area contributed by atoms with Gasteiger partial charge in [-0.05, 0) is 35.8 Å². The maximum atomic E-state index is 12.1. The Bertz CT molecular complexity index is 460. The molecule has 2 atom stereocenters. The van der Waals surface area contributed by atoms with Gasteiger partial charge in [-0.3, -0.25) is 0 Å². The maximum absolute atomic E-state index is 12.1. The average Bonchev–Trinajstić information content (AvgIpc) is 2.81. The van der Waals surface area contributed by atoms with Gasteiger partial charge in [-0.15, -0.1) is 0 Å². The summed E-state index contributed by atoms with van der Waals surface area (Å²) in [6, 6.07) is 0. The predicted octanol–water partition coefficient (Wildman–Crippen LogP) is 6.40. The molecule has 134 valence electrons. The molecule has 0 aromatic carbocycles. The van der Waals surface area contributed by atoms with Gasteiger partial charge in [0.2, 0.25) is 0 Å². The van der Waals surface area contributed by atoms with Gasteiger partial charge in [0, 0.05) is 10.8 Å². The monoisotopic (exact) mass is 340 g/mol. The van der Waals surface area contributed by atoms with Crippen molar-refractivity contribution < 1.29 is 8.42 Å². The highest BCUT2D eigenvalue weighted by Crippen LogP contribution is 2.35. The van der Waals surface area contributed by atoms with Crippen molar-refractivity contribution in [2.75, 3.05) is 0 Å². The molecule has 2 unspecified atom stereocenters. The van der Waals surface area contributed by atoms with Crippen LogP contribution in [0.4, 0.5) is 0 Å². The van der Waals surface area contributed by atoms with Gasteiger partial charge < -0.3 is 0 Å². The smallest absolute Gasteiger partial charge is 0.193 e. The van der Waals surface area contributed by atoms with Gasteiger partial charge in [-0.1, -0.05) is 79.1 Å². The second kappa shape index (κ2) is 10.3. The summed E-state index contributed by atoms with van der Waals surface area (Å²) in [7, 11) is -3.12. The van der Waals surface area contributed by atoms with Crippen LogP contribution in [0, 0.1) is 11.8 Å². The molecule has 0 bridgehead atoms. The number of sulfone groups is 1. The molecule has 1 aliphatic heterocycles. The lowest BCUT2D eigenvalue weighted by Crippen LogP contribution is -2.05. The molecule has 0 aliphatic carbocycles. The summed E-state index contributed by atoms with van der Waals surface area (Å²) in [6.07, 6.45) is 11.5.